The van der Waals surface area contributed by atoms with Crippen LogP contribution in [0.3, 0.4) is 0 Å². The molecule has 1 N–H and O–H groups in total. The van der Waals surface area contributed by atoms with Crippen molar-refractivity contribution in [3.05, 3.63) is 71.8 Å². The van der Waals surface area contributed by atoms with E-state index in [1.54, 1.807) is 20.5 Å². The summed E-state index contributed by atoms with van der Waals surface area (Å²) < 4.78 is 12.6. The van der Waals surface area contributed by atoms with Gasteiger partial charge in [-0.25, -0.2) is 9.97 Å². The normalized spacial score (nSPS) is 11.8. The van der Waals surface area contributed by atoms with Crippen LogP contribution in [0.25, 0.3) is 17.1 Å². The molecule has 164 valence electrons. The molecule has 4 rings (SSSR count). The number of ether oxygens (including phenoxy) is 2. The molecule has 0 aliphatic rings. The molecule has 8 nitrogen and oxygen atoms in total. The molecule has 3 aromatic heterocycles. The summed E-state index contributed by atoms with van der Waals surface area (Å²) in [6.07, 6.45) is 3.66. The Bertz CT molecular complexity index is 1220. The molecular formula is C24H26N6O2. The smallest absolute Gasteiger partial charge is 0.238 e. The van der Waals surface area contributed by atoms with E-state index in [0.29, 0.717) is 17.3 Å². The lowest BCUT2D eigenvalue weighted by molar-refractivity contribution is 0.396. The van der Waals surface area contributed by atoms with Gasteiger partial charge in [0.05, 0.1) is 38.0 Å². The van der Waals surface area contributed by atoms with Crippen LogP contribution in [0.15, 0.2) is 55.0 Å². The molecule has 0 fully saturated rings. The van der Waals surface area contributed by atoms with Crippen LogP contribution < -0.4 is 14.8 Å². The van der Waals surface area contributed by atoms with Crippen molar-refractivity contribution < 1.29 is 9.47 Å². The first-order chi connectivity index (χ1) is 15.5. The number of aromatic nitrogens is 5. The van der Waals surface area contributed by atoms with Crippen molar-refractivity contribution >= 4 is 5.82 Å². The number of imidazole rings is 1. The van der Waals surface area contributed by atoms with Gasteiger partial charge in [0.2, 0.25) is 5.88 Å². The first-order valence-corrected chi connectivity index (χ1v) is 10.3. The third kappa shape index (κ3) is 4.39. The van der Waals surface area contributed by atoms with E-state index in [1.807, 2.05) is 67.1 Å². The van der Waals surface area contributed by atoms with Gasteiger partial charge in [0.1, 0.15) is 17.1 Å². The van der Waals surface area contributed by atoms with Crippen molar-refractivity contribution in [2.24, 2.45) is 0 Å². The van der Waals surface area contributed by atoms with Gasteiger partial charge >= 0.3 is 0 Å². The SMILES string of the molecule is COc1ccc([C@H](C)Nc2nnc(-c3ccc(-n4cnc(C)c4)c(OC)n3)cc2C)cc1. The molecule has 0 unspecified atom stereocenters. The van der Waals surface area contributed by atoms with Crippen LogP contribution in [0.2, 0.25) is 0 Å². The molecule has 4 aromatic rings. The van der Waals surface area contributed by atoms with Crippen molar-refractivity contribution in [1.82, 2.24) is 24.7 Å². The fourth-order valence-electron chi connectivity index (χ4n) is 3.41. The van der Waals surface area contributed by atoms with E-state index in [9.17, 15) is 0 Å². The average molecular weight is 431 g/mol. The number of hydrogen-bond donors (Lipinski definition) is 1. The average Bonchev–Trinajstić information content (AvgIpc) is 3.26. The van der Waals surface area contributed by atoms with Gasteiger partial charge in [-0.1, -0.05) is 12.1 Å². The Kier molecular flexibility index (Phi) is 6.02. The molecular weight excluding hydrogens is 404 g/mol. The Morgan fingerprint density at radius 2 is 1.72 bits per heavy atom. The highest BCUT2D eigenvalue weighted by Gasteiger charge is 2.14. The highest BCUT2D eigenvalue weighted by molar-refractivity contribution is 5.61. The second-order valence-electron chi connectivity index (χ2n) is 7.55. The van der Waals surface area contributed by atoms with Gasteiger partial charge in [0.25, 0.3) is 0 Å². The largest absolute Gasteiger partial charge is 0.497 e. The number of hydrogen-bond acceptors (Lipinski definition) is 7. The van der Waals surface area contributed by atoms with E-state index < -0.39 is 0 Å². The Hall–Kier alpha value is -3.94. The van der Waals surface area contributed by atoms with Gasteiger partial charge in [-0.2, -0.15) is 0 Å². The van der Waals surface area contributed by atoms with Crippen molar-refractivity contribution in [2.45, 2.75) is 26.8 Å². The maximum absolute atomic E-state index is 5.51. The minimum Gasteiger partial charge on any atom is -0.497 e. The number of anilines is 1. The lowest BCUT2D eigenvalue weighted by Crippen LogP contribution is -2.10. The number of rotatable bonds is 7. The van der Waals surface area contributed by atoms with Crippen molar-refractivity contribution in [1.29, 1.82) is 0 Å². The predicted molar refractivity (Wildman–Crippen MR) is 123 cm³/mol. The zero-order chi connectivity index (χ0) is 22.7. The molecule has 0 aliphatic heterocycles. The van der Waals surface area contributed by atoms with E-state index >= 15 is 0 Å². The standard InChI is InChI=1S/C24H26N6O2/c1-15-12-21(20-10-11-22(24(27-20)32-5)30-13-16(2)25-14-30)28-29-23(15)26-17(3)18-6-8-19(31-4)9-7-18/h6-14,17H,1-5H3,(H,26,29)/t17-/m0/s1. The summed E-state index contributed by atoms with van der Waals surface area (Å²) in [4.78, 5) is 8.91. The van der Waals surface area contributed by atoms with Crippen molar-refractivity contribution in [3.8, 4) is 28.7 Å². The summed E-state index contributed by atoms with van der Waals surface area (Å²) in [5.74, 6) is 2.06. The molecule has 1 atom stereocenters. The summed E-state index contributed by atoms with van der Waals surface area (Å²) >= 11 is 0. The number of nitrogens with one attached hydrogen (secondary N) is 1. The Morgan fingerprint density at radius 1 is 0.938 bits per heavy atom. The topological polar surface area (TPSA) is 87.0 Å². The number of nitrogens with zero attached hydrogens (tertiary/aromatic N) is 5. The van der Waals surface area contributed by atoms with Gasteiger partial charge in [-0.05, 0) is 62.2 Å². The van der Waals surface area contributed by atoms with Crippen LogP contribution in [-0.4, -0.2) is 39.0 Å². The van der Waals surface area contributed by atoms with E-state index in [4.69, 9.17) is 9.47 Å². The number of methoxy groups -OCH3 is 2. The first kappa shape index (κ1) is 21.3. The van der Waals surface area contributed by atoms with Gasteiger partial charge in [0.15, 0.2) is 5.82 Å². The Labute approximate surface area is 187 Å². The van der Waals surface area contributed by atoms with Crippen molar-refractivity contribution in [3.63, 3.8) is 0 Å². The second kappa shape index (κ2) is 9.05. The van der Waals surface area contributed by atoms with Crippen LogP contribution >= 0.6 is 0 Å². The van der Waals surface area contributed by atoms with Crippen LogP contribution in [0.1, 0.15) is 29.8 Å². The molecule has 8 heteroatoms. The zero-order valence-corrected chi connectivity index (χ0v) is 18.8. The quantitative estimate of drug-likeness (QED) is 0.461. The lowest BCUT2D eigenvalue weighted by atomic mass is 10.1. The molecule has 0 spiro atoms. The van der Waals surface area contributed by atoms with Gasteiger partial charge in [-0.15, -0.1) is 10.2 Å². The molecule has 32 heavy (non-hydrogen) atoms. The van der Waals surface area contributed by atoms with E-state index in [1.165, 1.54) is 0 Å². The summed E-state index contributed by atoms with van der Waals surface area (Å²) in [7, 11) is 3.26. The minimum absolute atomic E-state index is 0.0656. The summed E-state index contributed by atoms with van der Waals surface area (Å²) in [5.41, 5.74) is 5.21. The summed E-state index contributed by atoms with van der Waals surface area (Å²) in [6, 6.07) is 13.8. The fraction of sp³-hybridized carbons (Fsp3) is 0.250. The van der Waals surface area contributed by atoms with E-state index in [-0.39, 0.29) is 6.04 Å². The second-order valence-corrected chi connectivity index (χ2v) is 7.55. The molecule has 1 aromatic carbocycles. The zero-order valence-electron chi connectivity index (χ0n) is 18.8. The van der Waals surface area contributed by atoms with Gasteiger partial charge < -0.3 is 19.4 Å². The lowest BCUT2D eigenvalue weighted by Gasteiger charge is -2.17. The van der Waals surface area contributed by atoms with Gasteiger partial charge in [0, 0.05) is 6.20 Å². The van der Waals surface area contributed by atoms with E-state index in [0.717, 1.165) is 34.1 Å². The Balaban J connectivity index is 1.56. The summed E-state index contributed by atoms with van der Waals surface area (Å²) in [6.45, 7) is 6.02. The summed E-state index contributed by atoms with van der Waals surface area (Å²) in [5, 5.41) is 12.2. The molecule has 0 aliphatic carbocycles. The van der Waals surface area contributed by atoms with Crippen LogP contribution in [0.4, 0.5) is 5.82 Å². The molecule has 0 saturated heterocycles. The third-order valence-corrected chi connectivity index (χ3v) is 5.24. The first-order valence-electron chi connectivity index (χ1n) is 10.3. The Morgan fingerprint density at radius 3 is 2.34 bits per heavy atom. The molecule has 0 bridgehead atoms. The number of pyridine rings is 1. The van der Waals surface area contributed by atoms with Crippen LogP contribution in [-0.2, 0) is 0 Å². The highest BCUT2D eigenvalue weighted by Crippen LogP contribution is 2.27. The molecule has 0 saturated carbocycles. The van der Waals surface area contributed by atoms with Gasteiger partial charge in [-0.3, -0.25) is 0 Å². The maximum atomic E-state index is 5.51. The monoisotopic (exact) mass is 430 g/mol. The third-order valence-electron chi connectivity index (χ3n) is 5.24. The van der Waals surface area contributed by atoms with Crippen molar-refractivity contribution in [2.75, 3.05) is 19.5 Å². The maximum Gasteiger partial charge on any atom is 0.238 e. The fourth-order valence-corrected chi connectivity index (χ4v) is 3.41. The van der Waals surface area contributed by atoms with Crippen LogP contribution in [0.5, 0.6) is 11.6 Å². The molecule has 3 heterocycles. The molecule has 0 amide bonds. The number of aryl methyl sites for hydroxylation is 2. The highest BCUT2D eigenvalue weighted by atomic mass is 16.5. The van der Waals surface area contributed by atoms with Crippen LogP contribution in [0, 0.1) is 13.8 Å². The predicted octanol–water partition coefficient (Wildman–Crippen LogP) is 4.53. The number of benzene rings is 1. The minimum atomic E-state index is 0.0656. The van der Waals surface area contributed by atoms with E-state index in [2.05, 4.69) is 32.4 Å². The molecule has 0 radical (unpaired) electrons.